The lowest BCUT2D eigenvalue weighted by Crippen LogP contribution is -2.48. The van der Waals surface area contributed by atoms with Crippen molar-refractivity contribution >= 4 is 23.8 Å². The second kappa shape index (κ2) is 7.38. The molecule has 0 saturated heterocycles. The van der Waals surface area contributed by atoms with Gasteiger partial charge in [0.2, 0.25) is 0 Å². The van der Waals surface area contributed by atoms with Gasteiger partial charge in [-0.15, -0.1) is 0 Å². The van der Waals surface area contributed by atoms with Crippen LogP contribution in [0.1, 0.15) is 32.1 Å². The summed E-state index contributed by atoms with van der Waals surface area (Å²) in [5, 5.41) is 11.8. The minimum absolute atomic E-state index is 0.258. The highest BCUT2D eigenvalue weighted by molar-refractivity contribution is 7.98. The molecule has 2 amide bonds. The molecular weight excluding hydrogens is 288 g/mol. The summed E-state index contributed by atoms with van der Waals surface area (Å²) in [5.74, 6) is 2.02. The molecule has 0 aromatic rings. The molecule has 0 spiro atoms. The number of aliphatic carboxylic acids is 1. The Kier molecular flexibility index (Phi) is 5.79. The Morgan fingerprint density at radius 2 is 2.14 bits per heavy atom. The predicted molar refractivity (Wildman–Crippen MR) is 84.5 cm³/mol. The molecule has 5 nitrogen and oxygen atoms in total. The Hall–Kier alpha value is -0.910. The molecule has 0 aliphatic heterocycles. The molecule has 0 aromatic heterocycles. The fourth-order valence-corrected chi connectivity index (χ4v) is 4.26. The standard InChI is InChI=1S/C15H26N2O3S/c1-17(9-12-8-10-3-4-11(12)7-10)15(20)16-13(14(18)19)5-6-21-2/h10-13H,3-9H2,1-2H3,(H,16,20)(H,18,19)/t10?,11?,12?,13-/m0/s1. The molecule has 3 unspecified atom stereocenters. The minimum atomic E-state index is -0.953. The van der Waals surface area contributed by atoms with Crippen LogP contribution in [0.3, 0.4) is 0 Å². The fourth-order valence-electron chi connectivity index (χ4n) is 3.79. The zero-order valence-corrected chi connectivity index (χ0v) is 13.7. The van der Waals surface area contributed by atoms with E-state index in [9.17, 15) is 9.59 Å². The first-order valence-corrected chi connectivity index (χ1v) is 9.14. The Morgan fingerprint density at radius 3 is 2.67 bits per heavy atom. The maximum Gasteiger partial charge on any atom is 0.326 e. The van der Waals surface area contributed by atoms with Crippen molar-refractivity contribution in [2.75, 3.05) is 25.6 Å². The van der Waals surface area contributed by atoms with E-state index in [2.05, 4.69) is 5.32 Å². The fraction of sp³-hybridized carbons (Fsp3) is 0.867. The van der Waals surface area contributed by atoms with Crippen LogP contribution in [0, 0.1) is 17.8 Å². The zero-order chi connectivity index (χ0) is 15.4. The third-order valence-electron chi connectivity index (χ3n) is 4.95. The van der Waals surface area contributed by atoms with Crippen LogP contribution < -0.4 is 5.32 Å². The molecule has 0 aromatic carbocycles. The molecule has 2 fully saturated rings. The molecule has 2 bridgehead atoms. The summed E-state index contributed by atoms with van der Waals surface area (Å²) >= 11 is 1.59. The van der Waals surface area contributed by atoms with E-state index in [1.165, 1.54) is 25.7 Å². The number of thioether (sulfide) groups is 1. The summed E-state index contributed by atoms with van der Waals surface area (Å²) in [4.78, 5) is 25.0. The third kappa shape index (κ3) is 4.28. The minimum Gasteiger partial charge on any atom is -0.480 e. The van der Waals surface area contributed by atoms with Gasteiger partial charge < -0.3 is 15.3 Å². The number of carboxylic acid groups (broad SMARTS) is 1. The number of urea groups is 1. The smallest absolute Gasteiger partial charge is 0.326 e. The average molecular weight is 314 g/mol. The van der Waals surface area contributed by atoms with Crippen molar-refractivity contribution in [1.82, 2.24) is 10.2 Å². The quantitative estimate of drug-likeness (QED) is 0.756. The van der Waals surface area contributed by atoms with E-state index in [1.54, 1.807) is 23.7 Å². The van der Waals surface area contributed by atoms with E-state index in [0.717, 1.165) is 24.1 Å². The summed E-state index contributed by atoms with van der Waals surface area (Å²) < 4.78 is 0. The molecule has 4 atom stereocenters. The first-order chi connectivity index (χ1) is 10.0. The number of nitrogens with one attached hydrogen (secondary N) is 1. The summed E-state index contributed by atoms with van der Waals surface area (Å²) in [6.45, 7) is 0.752. The summed E-state index contributed by atoms with van der Waals surface area (Å²) in [6.07, 6.45) is 7.61. The van der Waals surface area contributed by atoms with Crippen LogP contribution in [0.4, 0.5) is 4.79 Å². The van der Waals surface area contributed by atoms with Crippen LogP contribution in [0.2, 0.25) is 0 Å². The summed E-state index contributed by atoms with van der Waals surface area (Å²) in [7, 11) is 1.77. The normalized spacial score (nSPS) is 28.4. The molecule has 2 saturated carbocycles. The van der Waals surface area contributed by atoms with Gasteiger partial charge in [-0.05, 0) is 55.4 Å². The lowest BCUT2D eigenvalue weighted by molar-refractivity contribution is -0.139. The highest BCUT2D eigenvalue weighted by Gasteiger charge is 2.40. The van der Waals surface area contributed by atoms with E-state index in [0.29, 0.717) is 12.3 Å². The molecule has 120 valence electrons. The van der Waals surface area contributed by atoms with E-state index < -0.39 is 12.0 Å². The van der Waals surface area contributed by atoms with Crippen LogP contribution in [0.5, 0.6) is 0 Å². The number of hydrogen-bond acceptors (Lipinski definition) is 3. The SMILES string of the molecule is CSCC[C@H](NC(=O)N(C)CC1CC2CCC1C2)C(=O)O. The number of carbonyl (C=O) groups excluding carboxylic acids is 1. The Morgan fingerprint density at radius 1 is 1.38 bits per heavy atom. The Balaban J connectivity index is 1.79. The van der Waals surface area contributed by atoms with Gasteiger partial charge in [0.15, 0.2) is 0 Å². The molecule has 2 aliphatic rings. The van der Waals surface area contributed by atoms with Crippen LogP contribution >= 0.6 is 11.8 Å². The molecule has 2 rings (SSSR count). The van der Waals surface area contributed by atoms with Gasteiger partial charge in [-0.3, -0.25) is 0 Å². The molecule has 6 heteroatoms. The van der Waals surface area contributed by atoms with Crippen molar-refractivity contribution in [1.29, 1.82) is 0 Å². The number of nitrogens with zero attached hydrogens (tertiary/aromatic N) is 1. The van der Waals surface area contributed by atoms with Gasteiger partial charge in [0, 0.05) is 13.6 Å². The van der Waals surface area contributed by atoms with E-state index in [1.807, 2.05) is 6.26 Å². The largest absolute Gasteiger partial charge is 0.480 e. The van der Waals surface area contributed by atoms with Gasteiger partial charge in [0.1, 0.15) is 6.04 Å². The summed E-state index contributed by atoms with van der Waals surface area (Å²) in [5.41, 5.74) is 0. The number of carboxylic acids is 1. The summed E-state index contributed by atoms with van der Waals surface area (Å²) in [6, 6.07) is -1.04. The Bertz CT molecular complexity index is 391. The second-order valence-electron chi connectivity index (χ2n) is 6.44. The monoisotopic (exact) mass is 314 g/mol. The lowest BCUT2D eigenvalue weighted by atomic mass is 9.88. The van der Waals surface area contributed by atoms with Crippen molar-refractivity contribution in [2.24, 2.45) is 17.8 Å². The Labute approximate surface area is 130 Å². The first-order valence-electron chi connectivity index (χ1n) is 7.74. The van der Waals surface area contributed by atoms with Crippen LogP contribution in [-0.4, -0.2) is 53.6 Å². The molecule has 2 aliphatic carbocycles. The van der Waals surface area contributed by atoms with Crippen LogP contribution in [0.15, 0.2) is 0 Å². The number of rotatable bonds is 7. The van der Waals surface area contributed by atoms with Crippen molar-refractivity contribution in [2.45, 2.75) is 38.1 Å². The number of fused-ring (bicyclic) bond motifs is 2. The molecule has 0 heterocycles. The van der Waals surface area contributed by atoms with E-state index in [4.69, 9.17) is 5.11 Å². The third-order valence-corrected chi connectivity index (χ3v) is 5.59. The van der Waals surface area contributed by atoms with Crippen LogP contribution in [-0.2, 0) is 4.79 Å². The van der Waals surface area contributed by atoms with E-state index in [-0.39, 0.29) is 6.03 Å². The van der Waals surface area contributed by atoms with Gasteiger partial charge in [-0.2, -0.15) is 11.8 Å². The maximum absolute atomic E-state index is 12.2. The average Bonchev–Trinajstić information content (AvgIpc) is 3.05. The zero-order valence-electron chi connectivity index (χ0n) is 12.9. The van der Waals surface area contributed by atoms with Gasteiger partial charge in [-0.25, -0.2) is 9.59 Å². The highest BCUT2D eigenvalue weighted by atomic mass is 32.2. The molecule has 0 radical (unpaired) electrons. The van der Waals surface area contributed by atoms with Gasteiger partial charge in [-0.1, -0.05) is 6.42 Å². The van der Waals surface area contributed by atoms with Crippen molar-refractivity contribution < 1.29 is 14.7 Å². The van der Waals surface area contributed by atoms with Gasteiger partial charge >= 0.3 is 12.0 Å². The van der Waals surface area contributed by atoms with E-state index >= 15 is 0 Å². The molecular formula is C15H26N2O3S. The number of amides is 2. The van der Waals surface area contributed by atoms with Crippen LogP contribution in [0.25, 0.3) is 0 Å². The molecule has 2 N–H and O–H groups in total. The number of hydrogen-bond donors (Lipinski definition) is 2. The lowest BCUT2D eigenvalue weighted by Gasteiger charge is -2.28. The highest BCUT2D eigenvalue weighted by Crippen LogP contribution is 2.48. The van der Waals surface area contributed by atoms with Crippen molar-refractivity contribution in [3.8, 4) is 0 Å². The number of carbonyl (C=O) groups is 2. The molecule has 21 heavy (non-hydrogen) atoms. The van der Waals surface area contributed by atoms with Crippen molar-refractivity contribution in [3.63, 3.8) is 0 Å². The van der Waals surface area contributed by atoms with Gasteiger partial charge in [0.05, 0.1) is 0 Å². The predicted octanol–water partition coefficient (Wildman–Crippen LogP) is 2.27. The maximum atomic E-state index is 12.2. The first kappa shape index (κ1) is 16.5. The topological polar surface area (TPSA) is 69.6 Å². The van der Waals surface area contributed by atoms with Crippen molar-refractivity contribution in [3.05, 3.63) is 0 Å². The van der Waals surface area contributed by atoms with Gasteiger partial charge in [0.25, 0.3) is 0 Å². The second-order valence-corrected chi connectivity index (χ2v) is 7.42.